The number of allylic oxidation sites excluding steroid dienone is 2. The topological polar surface area (TPSA) is 99.1 Å². The van der Waals surface area contributed by atoms with Crippen LogP contribution in [-0.2, 0) is 14.4 Å². The molecule has 168 valence electrons. The number of rotatable bonds is 11. The summed E-state index contributed by atoms with van der Waals surface area (Å²) in [6, 6.07) is 9.65. The summed E-state index contributed by atoms with van der Waals surface area (Å²) in [6.07, 6.45) is 6.28. The number of carbonyl (C=O) groups is 3. The van der Waals surface area contributed by atoms with Gasteiger partial charge in [0.05, 0.1) is 20.6 Å². The molecular formula is C25H26O7. The largest absolute Gasteiger partial charge is 0.504 e. The summed E-state index contributed by atoms with van der Waals surface area (Å²) in [5, 5.41) is 9.77. The zero-order valence-electron chi connectivity index (χ0n) is 18.3. The van der Waals surface area contributed by atoms with Crippen LogP contribution < -0.4 is 14.2 Å². The summed E-state index contributed by atoms with van der Waals surface area (Å²) in [5.41, 5.74) is 1.22. The molecule has 2 rings (SSSR count). The van der Waals surface area contributed by atoms with Gasteiger partial charge < -0.3 is 19.3 Å². The van der Waals surface area contributed by atoms with E-state index < -0.39 is 0 Å². The van der Waals surface area contributed by atoms with E-state index in [9.17, 15) is 19.5 Å². The molecule has 0 spiro atoms. The maximum Gasteiger partial charge on any atom is 0.311 e. The molecule has 2 aromatic rings. The highest BCUT2D eigenvalue weighted by Gasteiger charge is 2.10. The Hall–Kier alpha value is -3.87. The molecule has 0 radical (unpaired) electrons. The van der Waals surface area contributed by atoms with E-state index in [0.29, 0.717) is 29.0 Å². The van der Waals surface area contributed by atoms with Crippen molar-refractivity contribution in [2.24, 2.45) is 0 Å². The number of ketones is 2. The molecule has 0 aliphatic carbocycles. The van der Waals surface area contributed by atoms with Gasteiger partial charge in [0.2, 0.25) is 0 Å². The Labute approximate surface area is 186 Å². The van der Waals surface area contributed by atoms with Crippen molar-refractivity contribution in [3.05, 3.63) is 59.7 Å². The lowest BCUT2D eigenvalue weighted by Crippen LogP contribution is -2.08. The second-order valence-corrected chi connectivity index (χ2v) is 6.84. The third kappa shape index (κ3) is 7.43. The molecule has 0 fully saturated rings. The van der Waals surface area contributed by atoms with E-state index in [4.69, 9.17) is 14.2 Å². The van der Waals surface area contributed by atoms with Gasteiger partial charge in [-0.25, -0.2) is 0 Å². The van der Waals surface area contributed by atoms with Crippen molar-refractivity contribution >= 4 is 29.7 Å². The molecule has 0 amide bonds. The molecule has 2 aromatic carbocycles. The maximum atomic E-state index is 12.1. The molecular weight excluding hydrogens is 412 g/mol. The molecule has 0 saturated heterocycles. The van der Waals surface area contributed by atoms with Crippen LogP contribution in [0.5, 0.6) is 23.0 Å². The van der Waals surface area contributed by atoms with Gasteiger partial charge in [-0.1, -0.05) is 31.2 Å². The molecule has 32 heavy (non-hydrogen) atoms. The smallest absolute Gasteiger partial charge is 0.311 e. The highest BCUT2D eigenvalue weighted by Crippen LogP contribution is 2.29. The number of hydrogen-bond donors (Lipinski definition) is 1. The fourth-order valence-electron chi connectivity index (χ4n) is 2.73. The number of phenolic OH excluding ortho intramolecular Hbond substituents is 1. The predicted octanol–water partition coefficient (Wildman–Crippen LogP) is 4.37. The molecule has 7 nitrogen and oxygen atoms in total. The number of carbonyl (C=O) groups excluding carboxylic acids is 3. The molecule has 0 bridgehead atoms. The van der Waals surface area contributed by atoms with Crippen LogP contribution in [0, 0.1) is 0 Å². The van der Waals surface area contributed by atoms with Gasteiger partial charge in [-0.05, 0) is 54.0 Å². The number of esters is 1. The highest BCUT2D eigenvalue weighted by atomic mass is 16.6. The van der Waals surface area contributed by atoms with Gasteiger partial charge in [0.25, 0.3) is 0 Å². The lowest BCUT2D eigenvalue weighted by atomic mass is 10.1. The molecule has 1 N–H and O–H groups in total. The second kappa shape index (κ2) is 12.1. The van der Waals surface area contributed by atoms with Crippen LogP contribution in [0.2, 0.25) is 0 Å². The molecule has 0 aliphatic heterocycles. The summed E-state index contributed by atoms with van der Waals surface area (Å²) < 4.78 is 15.5. The van der Waals surface area contributed by atoms with E-state index in [1.54, 1.807) is 30.3 Å². The fourth-order valence-corrected chi connectivity index (χ4v) is 2.73. The Balaban J connectivity index is 1.99. The number of methoxy groups -OCH3 is 2. The molecule has 0 saturated carbocycles. The average molecular weight is 438 g/mol. The minimum atomic E-state index is -0.377. The standard InChI is InChI=1S/C25H26O7/c1-4-5-25(29)32-24-15-18(9-13-23(24)31-3)7-11-20(27)16-19(26)10-6-17-8-12-22(30-2)21(28)14-17/h6-15,28H,4-5,16H2,1-3H3/b10-6+,11-7+. The molecule has 0 unspecified atom stereocenters. The monoisotopic (exact) mass is 438 g/mol. The molecule has 0 aromatic heterocycles. The zero-order chi connectivity index (χ0) is 23.5. The van der Waals surface area contributed by atoms with Crippen LogP contribution >= 0.6 is 0 Å². The van der Waals surface area contributed by atoms with E-state index in [0.717, 1.165) is 0 Å². The van der Waals surface area contributed by atoms with E-state index in [1.165, 1.54) is 44.6 Å². The van der Waals surface area contributed by atoms with Gasteiger partial charge in [0.15, 0.2) is 34.6 Å². The Kier molecular flexibility index (Phi) is 9.22. The Morgan fingerprint density at radius 1 is 0.844 bits per heavy atom. The van der Waals surface area contributed by atoms with Crippen molar-refractivity contribution < 1.29 is 33.7 Å². The van der Waals surface area contributed by atoms with Crippen molar-refractivity contribution in [2.75, 3.05) is 14.2 Å². The van der Waals surface area contributed by atoms with Gasteiger partial charge in [0.1, 0.15) is 0 Å². The number of aromatic hydroxyl groups is 1. The number of ether oxygens (including phenoxy) is 3. The van der Waals surface area contributed by atoms with E-state index in [1.807, 2.05) is 6.92 Å². The van der Waals surface area contributed by atoms with Crippen molar-refractivity contribution in [1.29, 1.82) is 0 Å². The van der Waals surface area contributed by atoms with E-state index in [-0.39, 0.29) is 41.9 Å². The number of phenols is 1. The first-order chi connectivity index (χ1) is 15.4. The molecule has 0 aliphatic rings. The zero-order valence-corrected chi connectivity index (χ0v) is 18.3. The highest BCUT2D eigenvalue weighted by molar-refractivity contribution is 6.10. The van der Waals surface area contributed by atoms with Gasteiger partial charge in [-0.3, -0.25) is 14.4 Å². The van der Waals surface area contributed by atoms with E-state index in [2.05, 4.69) is 0 Å². The molecule has 7 heteroatoms. The van der Waals surface area contributed by atoms with Crippen LogP contribution in [0.25, 0.3) is 12.2 Å². The summed E-state index contributed by atoms with van der Waals surface area (Å²) >= 11 is 0. The van der Waals surface area contributed by atoms with Crippen LogP contribution in [0.1, 0.15) is 37.3 Å². The number of hydrogen-bond acceptors (Lipinski definition) is 7. The van der Waals surface area contributed by atoms with Crippen LogP contribution in [0.4, 0.5) is 0 Å². The quantitative estimate of drug-likeness (QED) is 0.241. The third-order valence-electron chi connectivity index (χ3n) is 4.34. The van der Waals surface area contributed by atoms with Gasteiger partial charge in [-0.2, -0.15) is 0 Å². The summed E-state index contributed by atoms with van der Waals surface area (Å²) in [5.74, 6) is -0.164. The second-order valence-electron chi connectivity index (χ2n) is 6.84. The summed E-state index contributed by atoms with van der Waals surface area (Å²) in [7, 11) is 2.91. The predicted molar refractivity (Wildman–Crippen MR) is 121 cm³/mol. The summed E-state index contributed by atoms with van der Waals surface area (Å²) in [6.45, 7) is 1.88. The first kappa shape index (κ1) is 24.4. The minimum absolute atomic E-state index is 0.0413. The lowest BCUT2D eigenvalue weighted by Gasteiger charge is -2.09. The lowest BCUT2D eigenvalue weighted by molar-refractivity contribution is -0.134. The Bertz CT molecular complexity index is 1030. The third-order valence-corrected chi connectivity index (χ3v) is 4.34. The van der Waals surface area contributed by atoms with Crippen molar-refractivity contribution in [1.82, 2.24) is 0 Å². The maximum absolute atomic E-state index is 12.1. The van der Waals surface area contributed by atoms with Crippen molar-refractivity contribution in [2.45, 2.75) is 26.2 Å². The fraction of sp³-hybridized carbons (Fsp3) is 0.240. The Morgan fingerprint density at radius 3 is 1.94 bits per heavy atom. The van der Waals surface area contributed by atoms with E-state index >= 15 is 0 Å². The Morgan fingerprint density at radius 2 is 1.41 bits per heavy atom. The van der Waals surface area contributed by atoms with Gasteiger partial charge in [0, 0.05) is 6.42 Å². The van der Waals surface area contributed by atoms with Crippen molar-refractivity contribution in [3.63, 3.8) is 0 Å². The van der Waals surface area contributed by atoms with Crippen LogP contribution in [0.15, 0.2) is 48.6 Å². The van der Waals surface area contributed by atoms with Crippen molar-refractivity contribution in [3.8, 4) is 23.0 Å². The molecule has 0 atom stereocenters. The van der Waals surface area contributed by atoms with Crippen LogP contribution in [0.3, 0.4) is 0 Å². The average Bonchev–Trinajstić information content (AvgIpc) is 2.76. The van der Waals surface area contributed by atoms with Gasteiger partial charge >= 0.3 is 5.97 Å². The number of benzene rings is 2. The summed E-state index contributed by atoms with van der Waals surface area (Å²) in [4.78, 5) is 36.0. The first-order valence-electron chi connectivity index (χ1n) is 10.0. The normalized spacial score (nSPS) is 11.0. The minimum Gasteiger partial charge on any atom is -0.504 e. The first-order valence-corrected chi connectivity index (χ1v) is 10.0. The SMILES string of the molecule is CCCC(=O)Oc1cc(/C=C/C(=O)CC(=O)/C=C/c2ccc(OC)c(O)c2)ccc1OC. The van der Waals surface area contributed by atoms with Gasteiger partial charge in [-0.15, -0.1) is 0 Å². The van der Waals surface area contributed by atoms with Crippen LogP contribution in [-0.4, -0.2) is 36.9 Å². The molecule has 0 heterocycles.